The highest BCUT2D eigenvalue weighted by Gasteiger charge is 2.16. The Morgan fingerprint density at radius 1 is 1.37 bits per heavy atom. The lowest BCUT2D eigenvalue weighted by atomic mass is 10.1. The van der Waals surface area contributed by atoms with Gasteiger partial charge in [-0.2, -0.15) is 0 Å². The van der Waals surface area contributed by atoms with Crippen LogP contribution >= 0.6 is 0 Å². The molecule has 4 N–H and O–H groups in total. The second-order valence-electron chi connectivity index (χ2n) is 4.02. The zero-order valence-electron chi connectivity index (χ0n) is 9.86. The number of rotatable bonds is 4. The number of carbonyl (C=O) groups excluding carboxylic acids is 1. The molecule has 1 aromatic heterocycles. The van der Waals surface area contributed by atoms with Gasteiger partial charge in [0.1, 0.15) is 11.6 Å². The summed E-state index contributed by atoms with van der Waals surface area (Å²) in [5.74, 6) is -1.62. The first kappa shape index (κ1) is 13.2. The van der Waals surface area contributed by atoms with Gasteiger partial charge in [0.2, 0.25) is 11.9 Å². The summed E-state index contributed by atoms with van der Waals surface area (Å²) in [4.78, 5) is 18.2. The van der Waals surface area contributed by atoms with Crippen LogP contribution in [0.15, 0.2) is 30.6 Å². The standard InChI is InChI=1S/C12H12F2N4O/c13-8-3-7(4-9(14)6-8)5-10(15)11(19)18-12-16-1-2-17-12/h1-4,6,10H,5,15H2,(H2,16,17,18,19). The minimum Gasteiger partial charge on any atom is -0.331 e. The van der Waals surface area contributed by atoms with Crippen LogP contribution in [0.3, 0.4) is 0 Å². The van der Waals surface area contributed by atoms with E-state index in [1.165, 1.54) is 6.20 Å². The largest absolute Gasteiger partial charge is 0.331 e. The van der Waals surface area contributed by atoms with Gasteiger partial charge < -0.3 is 10.7 Å². The summed E-state index contributed by atoms with van der Waals surface area (Å²) in [6.45, 7) is 0. The van der Waals surface area contributed by atoms with Crippen molar-refractivity contribution in [2.75, 3.05) is 5.32 Å². The van der Waals surface area contributed by atoms with Crippen molar-refractivity contribution in [3.8, 4) is 0 Å². The smallest absolute Gasteiger partial charge is 0.243 e. The highest BCUT2D eigenvalue weighted by Crippen LogP contribution is 2.10. The first-order valence-electron chi connectivity index (χ1n) is 5.55. The number of benzene rings is 1. The van der Waals surface area contributed by atoms with E-state index in [1.54, 1.807) is 6.20 Å². The van der Waals surface area contributed by atoms with Crippen LogP contribution < -0.4 is 11.1 Å². The predicted octanol–water partition coefficient (Wildman–Crippen LogP) is 1.20. The lowest BCUT2D eigenvalue weighted by Crippen LogP contribution is -2.37. The Morgan fingerprint density at radius 3 is 2.63 bits per heavy atom. The topological polar surface area (TPSA) is 83.8 Å². The van der Waals surface area contributed by atoms with E-state index in [0.29, 0.717) is 5.56 Å². The summed E-state index contributed by atoms with van der Waals surface area (Å²) in [6.07, 6.45) is 3.05. The molecule has 2 rings (SSSR count). The molecule has 1 atom stereocenters. The average molecular weight is 266 g/mol. The number of halogens is 2. The average Bonchev–Trinajstić information content (AvgIpc) is 2.80. The Hall–Kier alpha value is -2.28. The number of hydrogen-bond donors (Lipinski definition) is 3. The third-order valence-corrected chi connectivity index (χ3v) is 2.45. The number of nitrogens with one attached hydrogen (secondary N) is 2. The molecular formula is C12H12F2N4O. The van der Waals surface area contributed by atoms with Gasteiger partial charge in [0.05, 0.1) is 6.04 Å². The van der Waals surface area contributed by atoms with Gasteiger partial charge in [0.25, 0.3) is 0 Å². The molecule has 7 heteroatoms. The number of nitrogens with zero attached hydrogens (tertiary/aromatic N) is 1. The molecule has 5 nitrogen and oxygen atoms in total. The maximum atomic E-state index is 13.0. The fraction of sp³-hybridized carbons (Fsp3) is 0.167. The van der Waals surface area contributed by atoms with Crippen molar-refractivity contribution in [1.82, 2.24) is 9.97 Å². The van der Waals surface area contributed by atoms with E-state index >= 15 is 0 Å². The van der Waals surface area contributed by atoms with Crippen LogP contribution in [-0.2, 0) is 11.2 Å². The zero-order chi connectivity index (χ0) is 13.8. The van der Waals surface area contributed by atoms with Crippen LogP contribution in [0, 0.1) is 11.6 Å². The first-order chi connectivity index (χ1) is 9.04. The normalized spacial score (nSPS) is 12.2. The SMILES string of the molecule is NC(Cc1cc(F)cc(F)c1)C(=O)Nc1ncc[nH]1. The molecular weight excluding hydrogens is 254 g/mol. The van der Waals surface area contributed by atoms with Gasteiger partial charge in [-0.3, -0.25) is 10.1 Å². The van der Waals surface area contributed by atoms with Gasteiger partial charge in [0.15, 0.2) is 0 Å². The summed E-state index contributed by atoms with van der Waals surface area (Å²) in [7, 11) is 0. The van der Waals surface area contributed by atoms with E-state index < -0.39 is 23.6 Å². The van der Waals surface area contributed by atoms with E-state index in [2.05, 4.69) is 15.3 Å². The number of aromatic amines is 1. The molecule has 0 spiro atoms. The quantitative estimate of drug-likeness (QED) is 0.777. The molecule has 19 heavy (non-hydrogen) atoms. The number of carbonyl (C=O) groups is 1. The van der Waals surface area contributed by atoms with E-state index in [1.807, 2.05) is 0 Å². The van der Waals surface area contributed by atoms with E-state index in [4.69, 9.17) is 5.73 Å². The van der Waals surface area contributed by atoms with Crippen LogP contribution in [-0.4, -0.2) is 21.9 Å². The molecule has 0 saturated heterocycles. The summed E-state index contributed by atoms with van der Waals surface area (Å²) in [6, 6.07) is 2.12. The molecule has 0 bridgehead atoms. The number of amides is 1. The Balaban J connectivity index is 2.00. The van der Waals surface area contributed by atoms with Crippen LogP contribution in [0.25, 0.3) is 0 Å². The lowest BCUT2D eigenvalue weighted by molar-refractivity contribution is -0.117. The molecule has 0 saturated carbocycles. The summed E-state index contributed by atoms with van der Waals surface area (Å²) >= 11 is 0. The number of anilines is 1. The predicted molar refractivity (Wildman–Crippen MR) is 65.3 cm³/mol. The van der Waals surface area contributed by atoms with Crippen molar-refractivity contribution in [2.45, 2.75) is 12.5 Å². The van der Waals surface area contributed by atoms with Crippen molar-refractivity contribution in [3.05, 3.63) is 47.8 Å². The number of imidazole rings is 1. The second-order valence-corrected chi connectivity index (χ2v) is 4.02. The Morgan fingerprint density at radius 2 is 2.05 bits per heavy atom. The van der Waals surface area contributed by atoms with Crippen LogP contribution in [0.1, 0.15) is 5.56 Å². The first-order valence-corrected chi connectivity index (χ1v) is 5.55. The minimum absolute atomic E-state index is 0.0290. The van der Waals surface area contributed by atoms with Crippen LogP contribution in [0.4, 0.5) is 14.7 Å². The van der Waals surface area contributed by atoms with Gasteiger partial charge in [-0.25, -0.2) is 13.8 Å². The van der Waals surface area contributed by atoms with Gasteiger partial charge in [-0.1, -0.05) is 0 Å². The lowest BCUT2D eigenvalue weighted by Gasteiger charge is -2.11. The fourth-order valence-electron chi connectivity index (χ4n) is 1.62. The monoisotopic (exact) mass is 266 g/mol. The second kappa shape index (κ2) is 5.57. The highest BCUT2D eigenvalue weighted by molar-refractivity contribution is 5.93. The molecule has 0 radical (unpaired) electrons. The Kier molecular flexibility index (Phi) is 3.86. The molecule has 0 aliphatic rings. The third-order valence-electron chi connectivity index (χ3n) is 2.45. The zero-order valence-corrected chi connectivity index (χ0v) is 9.86. The van der Waals surface area contributed by atoms with E-state index in [-0.39, 0.29) is 12.4 Å². The van der Waals surface area contributed by atoms with Crippen molar-refractivity contribution >= 4 is 11.9 Å². The molecule has 1 unspecified atom stereocenters. The maximum absolute atomic E-state index is 13.0. The third kappa shape index (κ3) is 3.59. The number of aromatic nitrogens is 2. The summed E-state index contributed by atoms with van der Waals surface area (Å²) < 4.78 is 26.0. The Bertz CT molecular complexity index is 551. The van der Waals surface area contributed by atoms with Crippen molar-refractivity contribution in [2.24, 2.45) is 5.73 Å². The van der Waals surface area contributed by atoms with Crippen LogP contribution in [0.2, 0.25) is 0 Å². The molecule has 0 aliphatic carbocycles. The van der Waals surface area contributed by atoms with E-state index in [9.17, 15) is 13.6 Å². The molecule has 1 heterocycles. The van der Waals surface area contributed by atoms with Crippen molar-refractivity contribution < 1.29 is 13.6 Å². The fourth-order valence-corrected chi connectivity index (χ4v) is 1.62. The molecule has 1 amide bonds. The van der Waals surface area contributed by atoms with Gasteiger partial charge in [-0.05, 0) is 24.1 Å². The molecule has 0 aliphatic heterocycles. The van der Waals surface area contributed by atoms with E-state index in [0.717, 1.165) is 18.2 Å². The molecule has 1 aromatic carbocycles. The number of hydrogen-bond acceptors (Lipinski definition) is 3. The minimum atomic E-state index is -0.925. The molecule has 0 fully saturated rings. The Labute approximate surface area is 107 Å². The summed E-state index contributed by atoms with van der Waals surface area (Å²) in [5.41, 5.74) is 5.99. The maximum Gasteiger partial charge on any atom is 0.243 e. The van der Waals surface area contributed by atoms with Crippen LogP contribution in [0.5, 0.6) is 0 Å². The van der Waals surface area contributed by atoms with Crippen molar-refractivity contribution in [1.29, 1.82) is 0 Å². The van der Waals surface area contributed by atoms with Crippen molar-refractivity contribution in [3.63, 3.8) is 0 Å². The van der Waals surface area contributed by atoms with Gasteiger partial charge in [0, 0.05) is 18.5 Å². The molecule has 100 valence electrons. The highest BCUT2D eigenvalue weighted by atomic mass is 19.1. The molecule has 2 aromatic rings. The number of H-pyrrole nitrogens is 1. The summed E-state index contributed by atoms with van der Waals surface area (Å²) in [5, 5.41) is 2.45. The number of nitrogens with two attached hydrogens (primary N) is 1. The van der Waals surface area contributed by atoms with Gasteiger partial charge >= 0.3 is 0 Å². The van der Waals surface area contributed by atoms with Gasteiger partial charge in [-0.15, -0.1) is 0 Å².